The number of benzene rings is 2. The summed E-state index contributed by atoms with van der Waals surface area (Å²) in [4.78, 5) is 4.28. The molecule has 106 valence electrons. The smallest absolute Gasteiger partial charge is 0.121 e. The van der Waals surface area contributed by atoms with Gasteiger partial charge >= 0.3 is 0 Å². The van der Waals surface area contributed by atoms with E-state index in [1.165, 1.54) is 0 Å². The zero-order chi connectivity index (χ0) is 14.8. The molecule has 3 rings (SSSR count). The van der Waals surface area contributed by atoms with Crippen molar-refractivity contribution in [3.63, 3.8) is 0 Å². The molecule has 3 N–H and O–H groups in total. The van der Waals surface area contributed by atoms with Crippen molar-refractivity contribution < 1.29 is 4.74 Å². The molecule has 0 aliphatic carbocycles. The average Bonchev–Trinajstić information content (AvgIpc) is 2.52. The molecule has 0 bridgehead atoms. The number of nitrogens with two attached hydrogens (primary N) is 1. The molecule has 0 fully saturated rings. The first kappa shape index (κ1) is 13.5. The number of ether oxygens (including phenoxy) is 1. The van der Waals surface area contributed by atoms with Crippen molar-refractivity contribution in [2.75, 3.05) is 18.2 Å². The van der Waals surface area contributed by atoms with E-state index in [9.17, 15) is 0 Å². The summed E-state index contributed by atoms with van der Waals surface area (Å²) in [7, 11) is 1.61. The first-order chi connectivity index (χ1) is 10.2. The summed E-state index contributed by atoms with van der Waals surface area (Å²) in [6, 6.07) is 13.0. The molecule has 5 heteroatoms. The zero-order valence-corrected chi connectivity index (χ0v) is 12.2. The third-order valence-corrected chi connectivity index (χ3v) is 3.60. The molecule has 3 aromatic rings. The number of rotatable bonds is 3. The van der Waals surface area contributed by atoms with E-state index in [-0.39, 0.29) is 0 Å². The van der Waals surface area contributed by atoms with Crippen LogP contribution in [0, 0.1) is 0 Å². The SMILES string of the molecule is COc1ccc(Cl)c(Nc2ccc3ncccc3c2N)c1. The fourth-order valence-electron chi connectivity index (χ4n) is 2.16. The van der Waals surface area contributed by atoms with Crippen molar-refractivity contribution in [1.82, 2.24) is 4.98 Å². The van der Waals surface area contributed by atoms with Crippen LogP contribution in [0.5, 0.6) is 5.75 Å². The van der Waals surface area contributed by atoms with E-state index in [1.807, 2.05) is 30.3 Å². The Hall–Kier alpha value is -2.46. The van der Waals surface area contributed by atoms with Gasteiger partial charge in [0.05, 0.1) is 34.7 Å². The summed E-state index contributed by atoms with van der Waals surface area (Å²) >= 11 is 6.20. The van der Waals surface area contributed by atoms with E-state index in [2.05, 4.69) is 10.3 Å². The van der Waals surface area contributed by atoms with Gasteiger partial charge in [-0.05, 0) is 36.4 Å². The molecule has 0 atom stereocenters. The standard InChI is InChI=1S/C16H14ClN3O/c1-21-10-4-5-12(17)15(9-10)20-14-7-6-13-11(16(14)18)3-2-8-19-13/h2-9,20H,18H2,1H3. The van der Waals surface area contributed by atoms with Crippen molar-refractivity contribution >= 4 is 39.6 Å². The van der Waals surface area contributed by atoms with Crippen molar-refractivity contribution in [1.29, 1.82) is 0 Å². The topological polar surface area (TPSA) is 60.2 Å². The Bertz CT molecular complexity index is 805. The van der Waals surface area contributed by atoms with Gasteiger partial charge in [-0.15, -0.1) is 0 Å². The van der Waals surface area contributed by atoms with Gasteiger partial charge in [0.15, 0.2) is 0 Å². The van der Waals surface area contributed by atoms with Gasteiger partial charge in [-0.2, -0.15) is 0 Å². The molecule has 1 aromatic heterocycles. The summed E-state index contributed by atoms with van der Waals surface area (Å²) in [5.74, 6) is 0.725. The van der Waals surface area contributed by atoms with Crippen molar-refractivity contribution in [2.45, 2.75) is 0 Å². The van der Waals surface area contributed by atoms with E-state index < -0.39 is 0 Å². The molecule has 0 aliphatic heterocycles. The van der Waals surface area contributed by atoms with Crippen LogP contribution in [0.4, 0.5) is 17.1 Å². The number of anilines is 3. The second kappa shape index (κ2) is 5.50. The van der Waals surface area contributed by atoms with Gasteiger partial charge in [-0.3, -0.25) is 4.98 Å². The number of hydrogen-bond donors (Lipinski definition) is 2. The molecule has 1 heterocycles. The predicted molar refractivity (Wildman–Crippen MR) is 87.4 cm³/mol. The maximum absolute atomic E-state index is 6.21. The Morgan fingerprint density at radius 3 is 2.81 bits per heavy atom. The minimum absolute atomic E-state index is 0.599. The van der Waals surface area contributed by atoms with E-state index in [0.29, 0.717) is 10.7 Å². The molecular weight excluding hydrogens is 286 g/mol. The fourth-order valence-corrected chi connectivity index (χ4v) is 2.32. The lowest BCUT2D eigenvalue weighted by molar-refractivity contribution is 0.415. The highest BCUT2D eigenvalue weighted by molar-refractivity contribution is 6.33. The predicted octanol–water partition coefficient (Wildman–Crippen LogP) is 4.22. The van der Waals surface area contributed by atoms with Gasteiger partial charge < -0.3 is 15.8 Å². The van der Waals surface area contributed by atoms with Crippen molar-refractivity contribution in [2.24, 2.45) is 0 Å². The number of nitrogens with zero attached hydrogens (tertiary/aromatic N) is 1. The van der Waals surface area contributed by atoms with Crippen molar-refractivity contribution in [3.05, 3.63) is 53.7 Å². The molecular formula is C16H14ClN3O. The molecule has 0 spiro atoms. The molecule has 0 saturated carbocycles. The number of nitrogen functional groups attached to an aromatic ring is 1. The summed E-state index contributed by atoms with van der Waals surface area (Å²) in [5, 5.41) is 4.75. The summed E-state index contributed by atoms with van der Waals surface area (Å²) in [5.41, 5.74) is 9.23. The second-order valence-corrected chi connectivity index (χ2v) is 4.97. The van der Waals surface area contributed by atoms with E-state index in [4.69, 9.17) is 22.1 Å². The lowest BCUT2D eigenvalue weighted by atomic mass is 10.1. The molecule has 0 saturated heterocycles. The molecule has 2 aromatic carbocycles. The fraction of sp³-hybridized carbons (Fsp3) is 0.0625. The van der Waals surface area contributed by atoms with Crippen LogP contribution >= 0.6 is 11.6 Å². The lowest BCUT2D eigenvalue weighted by Crippen LogP contribution is -1.98. The van der Waals surface area contributed by atoms with E-state index >= 15 is 0 Å². The average molecular weight is 300 g/mol. The Morgan fingerprint density at radius 2 is 2.00 bits per heavy atom. The molecule has 0 radical (unpaired) electrons. The lowest BCUT2D eigenvalue weighted by Gasteiger charge is -2.13. The number of hydrogen-bond acceptors (Lipinski definition) is 4. The molecule has 0 amide bonds. The molecule has 21 heavy (non-hydrogen) atoms. The number of nitrogens with one attached hydrogen (secondary N) is 1. The van der Waals surface area contributed by atoms with Crippen LogP contribution in [0.25, 0.3) is 10.9 Å². The third kappa shape index (κ3) is 2.58. The van der Waals surface area contributed by atoms with Crippen LogP contribution in [0.3, 0.4) is 0 Å². The van der Waals surface area contributed by atoms with Crippen LogP contribution in [0.2, 0.25) is 5.02 Å². The van der Waals surface area contributed by atoms with Crippen molar-refractivity contribution in [3.8, 4) is 5.75 Å². The number of halogens is 1. The highest BCUT2D eigenvalue weighted by Gasteiger charge is 2.08. The molecule has 0 aliphatic rings. The number of aromatic nitrogens is 1. The first-order valence-corrected chi connectivity index (χ1v) is 6.80. The highest BCUT2D eigenvalue weighted by atomic mass is 35.5. The third-order valence-electron chi connectivity index (χ3n) is 3.27. The quantitative estimate of drug-likeness (QED) is 0.711. The summed E-state index contributed by atoms with van der Waals surface area (Å²) in [6.07, 6.45) is 1.74. The molecule has 4 nitrogen and oxygen atoms in total. The number of pyridine rings is 1. The minimum atomic E-state index is 0.599. The maximum atomic E-state index is 6.21. The second-order valence-electron chi connectivity index (χ2n) is 4.57. The largest absolute Gasteiger partial charge is 0.497 e. The number of methoxy groups -OCH3 is 1. The van der Waals surface area contributed by atoms with Gasteiger partial charge in [-0.25, -0.2) is 0 Å². The van der Waals surface area contributed by atoms with E-state index in [0.717, 1.165) is 28.0 Å². The van der Waals surface area contributed by atoms with E-state index in [1.54, 1.807) is 25.4 Å². The summed E-state index contributed by atoms with van der Waals surface area (Å²) in [6.45, 7) is 0. The van der Waals surface area contributed by atoms with Crippen LogP contribution in [-0.4, -0.2) is 12.1 Å². The number of fused-ring (bicyclic) bond motifs is 1. The normalized spacial score (nSPS) is 10.6. The Kier molecular flexibility index (Phi) is 3.54. The highest BCUT2D eigenvalue weighted by Crippen LogP contribution is 2.34. The Balaban J connectivity index is 2.04. The van der Waals surface area contributed by atoms with Crippen LogP contribution in [0.1, 0.15) is 0 Å². The van der Waals surface area contributed by atoms with Gasteiger partial charge in [0.1, 0.15) is 5.75 Å². The van der Waals surface area contributed by atoms with Gasteiger partial charge in [-0.1, -0.05) is 11.6 Å². The van der Waals surface area contributed by atoms with Crippen LogP contribution in [-0.2, 0) is 0 Å². The van der Waals surface area contributed by atoms with Crippen LogP contribution < -0.4 is 15.8 Å². The van der Waals surface area contributed by atoms with Gasteiger partial charge in [0.2, 0.25) is 0 Å². The Labute approximate surface area is 127 Å². The Morgan fingerprint density at radius 1 is 1.14 bits per heavy atom. The van der Waals surface area contributed by atoms with Gasteiger partial charge in [0.25, 0.3) is 0 Å². The zero-order valence-electron chi connectivity index (χ0n) is 11.4. The van der Waals surface area contributed by atoms with Gasteiger partial charge in [0, 0.05) is 17.6 Å². The van der Waals surface area contributed by atoms with Crippen LogP contribution in [0.15, 0.2) is 48.7 Å². The maximum Gasteiger partial charge on any atom is 0.121 e. The monoisotopic (exact) mass is 299 g/mol. The summed E-state index contributed by atoms with van der Waals surface area (Å²) < 4.78 is 5.21. The molecule has 0 unspecified atom stereocenters. The first-order valence-electron chi connectivity index (χ1n) is 6.43. The minimum Gasteiger partial charge on any atom is -0.497 e.